The van der Waals surface area contributed by atoms with E-state index < -0.39 is 42.9 Å². The normalized spacial score (nSPS) is 15.8. The molecule has 0 aliphatic carbocycles. The number of β-amino-alcohol motifs (C(OH)–C–C–N with tert-alkyl or cyclic N) is 1. The summed E-state index contributed by atoms with van der Waals surface area (Å²) in [6.07, 6.45) is -1.11. The molecule has 1 aliphatic rings. The molecule has 1 heterocycles. The van der Waals surface area contributed by atoms with Crippen molar-refractivity contribution in [2.24, 2.45) is 4.99 Å². The number of halogens is 2. The van der Waals surface area contributed by atoms with Gasteiger partial charge in [0.1, 0.15) is 5.75 Å². The molecule has 0 saturated carbocycles. The lowest BCUT2D eigenvalue weighted by molar-refractivity contribution is -0.137. The number of hydrogen-bond acceptors (Lipinski definition) is 9. The summed E-state index contributed by atoms with van der Waals surface area (Å²) < 4.78 is 0.481. The number of guanidine groups is 1. The van der Waals surface area contributed by atoms with E-state index in [2.05, 4.69) is 42.2 Å². The molecule has 1 aliphatic heterocycles. The highest BCUT2D eigenvalue weighted by Gasteiger charge is 2.23. The van der Waals surface area contributed by atoms with Crippen molar-refractivity contribution in [1.82, 2.24) is 16.0 Å². The number of phenolic OH excluding ortho intramolecular Hbond substituents is 1. The first-order valence-corrected chi connectivity index (χ1v) is 11.8. The second kappa shape index (κ2) is 11.9. The van der Waals surface area contributed by atoms with Gasteiger partial charge in [0.25, 0.3) is 5.91 Å². The Labute approximate surface area is 219 Å². The summed E-state index contributed by atoms with van der Waals surface area (Å²) in [5, 5.41) is 39.8. The van der Waals surface area contributed by atoms with Gasteiger partial charge < -0.3 is 42.3 Å². The molecule has 0 spiro atoms. The Balaban J connectivity index is 1.66. The van der Waals surface area contributed by atoms with Crippen LogP contribution in [0.4, 0.5) is 11.4 Å². The van der Waals surface area contributed by atoms with Crippen molar-refractivity contribution < 1.29 is 29.7 Å². The Morgan fingerprint density at radius 1 is 1.25 bits per heavy atom. The Kier molecular flexibility index (Phi) is 8.96. The van der Waals surface area contributed by atoms with Crippen LogP contribution in [0.5, 0.6) is 5.75 Å². The molecule has 192 valence electrons. The number of anilines is 2. The Morgan fingerprint density at radius 2 is 2.00 bits per heavy atom. The molecule has 36 heavy (non-hydrogen) atoms. The number of aliphatic hydroxyl groups excluding tert-OH is 1. The van der Waals surface area contributed by atoms with E-state index in [1.165, 1.54) is 24.3 Å². The number of carboxylic acid groups (broad SMARTS) is 1. The number of carbonyl (C=O) groups is 3. The Hall–Kier alpha value is -3.55. The number of hydrogen-bond donors (Lipinski definition) is 8. The number of carboxylic acids is 1. The number of aromatic hydroxyl groups is 1. The van der Waals surface area contributed by atoms with Gasteiger partial charge in [0.2, 0.25) is 5.91 Å². The lowest BCUT2D eigenvalue weighted by Crippen LogP contribution is -2.42. The minimum atomic E-state index is -1.22. The van der Waals surface area contributed by atoms with Crippen LogP contribution in [0.15, 0.2) is 39.8 Å². The number of nitrogens with two attached hydrogens (primary N) is 1. The first-order chi connectivity index (χ1) is 17.0. The molecule has 3 rings (SSSR count). The van der Waals surface area contributed by atoms with Gasteiger partial charge in [-0.3, -0.25) is 19.4 Å². The number of phenols is 1. The summed E-state index contributed by atoms with van der Waals surface area (Å²) in [6.45, 7) is 0.0808. The average Bonchev–Trinajstić information content (AvgIpc) is 2.80. The van der Waals surface area contributed by atoms with Crippen molar-refractivity contribution in [2.45, 2.75) is 18.6 Å². The number of aliphatic hydroxyl groups is 1. The molecule has 0 fully saturated rings. The van der Waals surface area contributed by atoms with Crippen LogP contribution in [0.3, 0.4) is 0 Å². The number of aliphatic imine (C=N–C) groups is 1. The molecule has 0 aromatic heterocycles. The van der Waals surface area contributed by atoms with Crippen LogP contribution in [0, 0.1) is 0 Å². The van der Waals surface area contributed by atoms with E-state index in [1.54, 1.807) is 6.07 Å². The zero-order chi connectivity index (χ0) is 26.4. The standard InChI is InChI=1S/C22H24BrClN6O6/c23-11-3-15(20(35)16(24)4-11)17(6-19(33)34)30-18(32)9-26-21(36)10-1-12(25)5-13(2-10)29-22-27-7-14(31)8-28-22/h1-5,14,17,31,35H,6-9,25H2,(H,26,36)(H,30,32)(H,33,34)(H2,27,28,29)/t17-/m1/s1. The summed E-state index contributed by atoms with van der Waals surface area (Å²) >= 11 is 9.18. The van der Waals surface area contributed by atoms with E-state index in [4.69, 9.17) is 17.3 Å². The van der Waals surface area contributed by atoms with Crippen molar-refractivity contribution in [1.29, 1.82) is 0 Å². The van der Waals surface area contributed by atoms with Gasteiger partial charge in [0, 0.05) is 33.5 Å². The van der Waals surface area contributed by atoms with Crippen LogP contribution in [0.1, 0.15) is 28.4 Å². The third-order valence-electron chi connectivity index (χ3n) is 5.00. The van der Waals surface area contributed by atoms with E-state index in [0.717, 1.165) is 0 Å². The van der Waals surface area contributed by atoms with Crippen LogP contribution < -0.4 is 27.0 Å². The van der Waals surface area contributed by atoms with Crippen molar-refractivity contribution in [3.63, 3.8) is 0 Å². The largest absolute Gasteiger partial charge is 0.506 e. The highest BCUT2D eigenvalue weighted by molar-refractivity contribution is 9.10. The zero-order valence-corrected chi connectivity index (χ0v) is 21.1. The number of nitrogens with one attached hydrogen (secondary N) is 4. The van der Waals surface area contributed by atoms with Crippen molar-refractivity contribution >= 4 is 62.6 Å². The summed E-state index contributed by atoms with van der Waals surface area (Å²) in [5.74, 6) is -2.45. The fraction of sp³-hybridized carbons (Fsp3) is 0.273. The molecule has 9 N–H and O–H groups in total. The van der Waals surface area contributed by atoms with Gasteiger partial charge in [0.15, 0.2) is 5.96 Å². The van der Waals surface area contributed by atoms with Crippen molar-refractivity contribution in [3.05, 3.63) is 51.0 Å². The van der Waals surface area contributed by atoms with Crippen molar-refractivity contribution in [3.8, 4) is 5.75 Å². The molecule has 0 radical (unpaired) electrons. The van der Waals surface area contributed by atoms with Gasteiger partial charge in [-0.25, -0.2) is 0 Å². The molecule has 2 amide bonds. The second-order valence-corrected chi connectivity index (χ2v) is 9.24. The Morgan fingerprint density at radius 3 is 2.67 bits per heavy atom. The zero-order valence-electron chi connectivity index (χ0n) is 18.7. The molecule has 12 nitrogen and oxygen atoms in total. The third kappa shape index (κ3) is 7.47. The van der Waals surface area contributed by atoms with Crippen LogP contribution in [-0.4, -0.2) is 64.8 Å². The number of benzene rings is 2. The summed E-state index contributed by atoms with van der Waals surface area (Å²) in [5.41, 5.74) is 6.93. The van der Waals surface area contributed by atoms with Crippen LogP contribution in [-0.2, 0) is 9.59 Å². The maximum Gasteiger partial charge on any atom is 0.305 e. The maximum atomic E-state index is 12.7. The smallest absolute Gasteiger partial charge is 0.305 e. The molecule has 0 bridgehead atoms. The van der Waals surface area contributed by atoms with Gasteiger partial charge in [-0.2, -0.15) is 0 Å². The van der Waals surface area contributed by atoms with Crippen LogP contribution in [0.25, 0.3) is 0 Å². The van der Waals surface area contributed by atoms with Gasteiger partial charge in [-0.15, -0.1) is 0 Å². The van der Waals surface area contributed by atoms with Crippen LogP contribution >= 0.6 is 27.5 Å². The average molecular weight is 584 g/mol. The molecule has 1 unspecified atom stereocenters. The summed E-state index contributed by atoms with van der Waals surface area (Å²) in [7, 11) is 0. The van der Waals surface area contributed by atoms with E-state index in [9.17, 15) is 29.7 Å². The predicted molar refractivity (Wildman–Crippen MR) is 137 cm³/mol. The second-order valence-electron chi connectivity index (χ2n) is 7.92. The third-order valence-corrected chi connectivity index (χ3v) is 5.75. The fourth-order valence-electron chi connectivity index (χ4n) is 3.38. The topological polar surface area (TPSA) is 198 Å². The van der Waals surface area contributed by atoms with E-state index >= 15 is 0 Å². The monoisotopic (exact) mass is 582 g/mol. The number of nitrogens with zero attached hydrogens (tertiary/aromatic N) is 1. The SMILES string of the molecule is Nc1cc(NC2=NCC(O)CN2)cc(C(=O)NCC(=O)N[C@H](CC(=O)O)c2cc(Br)cc(Cl)c2O)c1. The Bertz CT molecular complexity index is 1210. The minimum Gasteiger partial charge on any atom is -0.506 e. The fourth-order valence-corrected chi connectivity index (χ4v) is 4.21. The van der Waals surface area contributed by atoms with E-state index in [0.29, 0.717) is 22.7 Å². The lowest BCUT2D eigenvalue weighted by Gasteiger charge is -2.20. The van der Waals surface area contributed by atoms with Gasteiger partial charge >= 0.3 is 5.97 Å². The number of nitrogen functional groups attached to an aromatic ring is 1. The van der Waals surface area contributed by atoms with Crippen LogP contribution in [0.2, 0.25) is 5.02 Å². The number of amides is 2. The van der Waals surface area contributed by atoms with E-state index in [-0.39, 0.29) is 34.1 Å². The maximum absolute atomic E-state index is 12.7. The first kappa shape index (κ1) is 27.0. The quantitative estimate of drug-likeness (QED) is 0.210. The first-order valence-electron chi connectivity index (χ1n) is 10.6. The predicted octanol–water partition coefficient (Wildman–Crippen LogP) is 1.18. The number of rotatable bonds is 8. The van der Waals surface area contributed by atoms with Crippen molar-refractivity contribution in [2.75, 3.05) is 30.7 Å². The molecule has 2 aromatic carbocycles. The molecule has 2 atom stereocenters. The van der Waals surface area contributed by atoms with E-state index in [1.807, 2.05) is 0 Å². The van der Waals surface area contributed by atoms with Gasteiger partial charge in [0.05, 0.1) is 36.7 Å². The molecule has 2 aromatic rings. The molecular formula is C22H24BrClN6O6. The lowest BCUT2D eigenvalue weighted by atomic mass is 10.0. The highest BCUT2D eigenvalue weighted by atomic mass is 79.9. The summed E-state index contributed by atoms with van der Waals surface area (Å²) in [4.78, 5) is 40.6. The highest BCUT2D eigenvalue weighted by Crippen LogP contribution is 2.36. The number of aliphatic carboxylic acids is 1. The molecule has 14 heteroatoms. The molecule has 0 saturated heterocycles. The van der Waals surface area contributed by atoms with Gasteiger partial charge in [-0.1, -0.05) is 27.5 Å². The molecular weight excluding hydrogens is 560 g/mol. The van der Waals surface area contributed by atoms with Gasteiger partial charge in [-0.05, 0) is 30.3 Å². The summed E-state index contributed by atoms with van der Waals surface area (Å²) in [6, 6.07) is 6.29. The minimum absolute atomic E-state index is 0.0195. The number of carbonyl (C=O) groups excluding carboxylic acids is 2.